The summed E-state index contributed by atoms with van der Waals surface area (Å²) in [5, 5.41) is 8.33. The molecule has 0 spiro atoms. The average molecular weight is 320 g/mol. The van der Waals surface area contributed by atoms with Crippen LogP contribution >= 0.6 is 15.9 Å². The minimum atomic E-state index is 0.909. The van der Waals surface area contributed by atoms with Crippen molar-refractivity contribution < 1.29 is 0 Å². The van der Waals surface area contributed by atoms with Crippen molar-refractivity contribution in [2.24, 2.45) is 0 Å². The van der Waals surface area contributed by atoms with Crippen molar-refractivity contribution in [2.45, 2.75) is 32.7 Å². The largest absolute Gasteiger partial charge is 0.370 e. The molecule has 19 heavy (non-hydrogen) atoms. The molecule has 1 aromatic heterocycles. The molecular formula is C15H18BrN3. The molecule has 0 saturated carbocycles. The van der Waals surface area contributed by atoms with E-state index in [4.69, 9.17) is 5.10 Å². The number of halogens is 1. The number of nitrogens with zero attached hydrogens (tertiary/aromatic N) is 2. The van der Waals surface area contributed by atoms with E-state index in [0.717, 1.165) is 29.7 Å². The zero-order valence-electron chi connectivity index (χ0n) is 11.1. The summed E-state index contributed by atoms with van der Waals surface area (Å²) in [7, 11) is 0. The highest BCUT2D eigenvalue weighted by Gasteiger charge is 2.19. The predicted octanol–water partition coefficient (Wildman–Crippen LogP) is 4.08. The molecule has 1 aliphatic rings. The van der Waals surface area contributed by atoms with Gasteiger partial charge in [-0.15, -0.1) is 0 Å². The van der Waals surface area contributed by atoms with Gasteiger partial charge >= 0.3 is 0 Å². The number of aryl methyl sites for hydroxylation is 1. The lowest BCUT2D eigenvalue weighted by Gasteiger charge is -2.06. The number of aromatic nitrogens is 2. The zero-order chi connectivity index (χ0) is 13.2. The third-order valence-corrected chi connectivity index (χ3v) is 4.14. The number of fused-ring (bicyclic) bond motifs is 1. The van der Waals surface area contributed by atoms with Gasteiger partial charge in [0.1, 0.15) is 5.82 Å². The Labute approximate surface area is 122 Å². The molecule has 0 fully saturated rings. The summed E-state index contributed by atoms with van der Waals surface area (Å²) in [6, 6.07) is 8.43. The molecule has 3 nitrogen and oxygen atoms in total. The van der Waals surface area contributed by atoms with E-state index >= 15 is 0 Å². The first-order valence-electron chi connectivity index (χ1n) is 6.89. The highest BCUT2D eigenvalue weighted by molar-refractivity contribution is 9.10. The number of benzene rings is 1. The van der Waals surface area contributed by atoms with E-state index < -0.39 is 0 Å². The topological polar surface area (TPSA) is 29.9 Å². The number of anilines is 1. The van der Waals surface area contributed by atoms with Crippen LogP contribution in [0.25, 0.3) is 11.3 Å². The van der Waals surface area contributed by atoms with E-state index in [-0.39, 0.29) is 0 Å². The molecule has 2 heterocycles. The van der Waals surface area contributed by atoms with Gasteiger partial charge in [-0.05, 0) is 38.3 Å². The van der Waals surface area contributed by atoms with Crippen molar-refractivity contribution in [3.8, 4) is 11.3 Å². The minimum absolute atomic E-state index is 0.909. The second-order valence-corrected chi connectivity index (χ2v) is 5.80. The van der Waals surface area contributed by atoms with Gasteiger partial charge in [0.15, 0.2) is 0 Å². The summed E-state index contributed by atoms with van der Waals surface area (Å²) >= 11 is 3.49. The fourth-order valence-corrected chi connectivity index (χ4v) is 2.90. The van der Waals surface area contributed by atoms with Crippen LogP contribution in [0.2, 0.25) is 0 Å². The standard InChI is InChI=1S/C15H18BrN3/c1-2-19-15-13(5-3-4-10-17-15)14(18-19)11-6-8-12(16)9-7-11/h6-9,17H,2-5,10H2,1H3. The molecule has 2 aromatic rings. The SMILES string of the molecule is CCn1nc(-c2ccc(Br)cc2)c2c1NCCCC2. The molecule has 100 valence electrons. The molecule has 0 radical (unpaired) electrons. The van der Waals surface area contributed by atoms with Crippen LogP contribution in [0.3, 0.4) is 0 Å². The van der Waals surface area contributed by atoms with Gasteiger partial charge < -0.3 is 5.32 Å². The molecule has 0 saturated heterocycles. The van der Waals surface area contributed by atoms with E-state index in [9.17, 15) is 0 Å². The fraction of sp³-hybridized carbons (Fsp3) is 0.400. The first-order valence-corrected chi connectivity index (χ1v) is 7.68. The Morgan fingerprint density at radius 2 is 2.05 bits per heavy atom. The summed E-state index contributed by atoms with van der Waals surface area (Å²) in [5.41, 5.74) is 3.72. The molecule has 0 aliphatic carbocycles. The van der Waals surface area contributed by atoms with Crippen molar-refractivity contribution in [2.75, 3.05) is 11.9 Å². The molecule has 3 rings (SSSR count). The zero-order valence-corrected chi connectivity index (χ0v) is 12.7. The van der Waals surface area contributed by atoms with Gasteiger partial charge in [0, 0.05) is 28.7 Å². The van der Waals surface area contributed by atoms with Crippen LogP contribution in [-0.4, -0.2) is 16.3 Å². The van der Waals surface area contributed by atoms with E-state index in [2.05, 4.69) is 57.1 Å². The Morgan fingerprint density at radius 3 is 2.79 bits per heavy atom. The van der Waals surface area contributed by atoms with Gasteiger partial charge in [0.2, 0.25) is 0 Å². The molecule has 1 aromatic carbocycles. The minimum Gasteiger partial charge on any atom is -0.370 e. The summed E-state index contributed by atoms with van der Waals surface area (Å²) in [5.74, 6) is 1.22. The van der Waals surface area contributed by atoms with Crippen LogP contribution in [0.5, 0.6) is 0 Å². The summed E-state index contributed by atoms with van der Waals surface area (Å²) in [6.07, 6.45) is 3.59. The fourth-order valence-electron chi connectivity index (χ4n) is 2.64. The van der Waals surface area contributed by atoms with Gasteiger partial charge in [-0.3, -0.25) is 0 Å². The highest BCUT2D eigenvalue weighted by atomic mass is 79.9. The first kappa shape index (κ1) is 12.7. The lowest BCUT2D eigenvalue weighted by atomic mass is 10.0. The van der Waals surface area contributed by atoms with Gasteiger partial charge in [-0.1, -0.05) is 28.1 Å². The van der Waals surface area contributed by atoms with Crippen LogP contribution in [0.1, 0.15) is 25.3 Å². The van der Waals surface area contributed by atoms with Crippen molar-refractivity contribution in [1.29, 1.82) is 0 Å². The highest BCUT2D eigenvalue weighted by Crippen LogP contribution is 2.32. The third kappa shape index (κ3) is 2.41. The van der Waals surface area contributed by atoms with Crippen molar-refractivity contribution >= 4 is 21.7 Å². The van der Waals surface area contributed by atoms with Gasteiger partial charge in [-0.25, -0.2) is 4.68 Å². The third-order valence-electron chi connectivity index (χ3n) is 3.61. The average Bonchev–Trinajstić information content (AvgIpc) is 2.61. The van der Waals surface area contributed by atoms with Gasteiger partial charge in [0.25, 0.3) is 0 Å². The second kappa shape index (κ2) is 5.37. The summed E-state index contributed by atoms with van der Waals surface area (Å²) in [6.45, 7) is 4.11. The quantitative estimate of drug-likeness (QED) is 0.903. The molecule has 1 N–H and O–H groups in total. The Balaban J connectivity index is 2.10. The number of nitrogens with one attached hydrogen (secondary N) is 1. The van der Waals surface area contributed by atoms with Crippen molar-refractivity contribution in [3.05, 3.63) is 34.3 Å². The normalized spacial score (nSPS) is 14.6. The Morgan fingerprint density at radius 1 is 1.26 bits per heavy atom. The predicted molar refractivity (Wildman–Crippen MR) is 82.5 cm³/mol. The Bertz CT molecular complexity index is 572. The van der Waals surface area contributed by atoms with E-state index in [0.29, 0.717) is 0 Å². The maximum atomic E-state index is 4.79. The molecule has 1 aliphatic heterocycles. The molecule has 0 amide bonds. The smallest absolute Gasteiger partial charge is 0.128 e. The van der Waals surface area contributed by atoms with Crippen LogP contribution < -0.4 is 5.32 Å². The molecular weight excluding hydrogens is 302 g/mol. The molecule has 0 bridgehead atoms. The van der Waals surface area contributed by atoms with Crippen LogP contribution in [0.4, 0.5) is 5.82 Å². The van der Waals surface area contributed by atoms with Crippen LogP contribution in [0.15, 0.2) is 28.7 Å². The maximum absolute atomic E-state index is 4.79. The first-order chi connectivity index (χ1) is 9.29. The van der Waals surface area contributed by atoms with Gasteiger partial charge in [0.05, 0.1) is 5.69 Å². The van der Waals surface area contributed by atoms with E-state index in [1.54, 1.807) is 0 Å². The Hall–Kier alpha value is -1.29. The van der Waals surface area contributed by atoms with Crippen molar-refractivity contribution in [3.63, 3.8) is 0 Å². The van der Waals surface area contributed by atoms with Crippen LogP contribution in [0, 0.1) is 0 Å². The van der Waals surface area contributed by atoms with E-state index in [1.807, 2.05) is 0 Å². The number of hydrogen-bond donors (Lipinski definition) is 1. The molecule has 4 heteroatoms. The molecule has 0 atom stereocenters. The number of hydrogen-bond acceptors (Lipinski definition) is 2. The Kier molecular flexibility index (Phi) is 3.60. The molecule has 0 unspecified atom stereocenters. The van der Waals surface area contributed by atoms with Crippen molar-refractivity contribution in [1.82, 2.24) is 9.78 Å². The monoisotopic (exact) mass is 319 g/mol. The number of rotatable bonds is 2. The van der Waals surface area contributed by atoms with E-state index in [1.165, 1.54) is 29.8 Å². The van der Waals surface area contributed by atoms with Gasteiger partial charge in [-0.2, -0.15) is 5.10 Å². The lowest BCUT2D eigenvalue weighted by molar-refractivity contribution is 0.665. The summed E-state index contributed by atoms with van der Waals surface area (Å²) in [4.78, 5) is 0. The summed E-state index contributed by atoms with van der Waals surface area (Å²) < 4.78 is 3.20. The second-order valence-electron chi connectivity index (χ2n) is 4.88. The van der Waals surface area contributed by atoms with Crippen LogP contribution in [-0.2, 0) is 13.0 Å². The lowest BCUT2D eigenvalue weighted by Crippen LogP contribution is -2.07. The maximum Gasteiger partial charge on any atom is 0.128 e.